The molecule has 0 amide bonds. The van der Waals surface area contributed by atoms with Crippen LogP contribution in [0, 0.1) is 11.8 Å². The van der Waals surface area contributed by atoms with Gasteiger partial charge in [-0.25, -0.2) is 0 Å². The highest BCUT2D eigenvalue weighted by atomic mass is 16.3. The number of benzene rings is 1. The Hall–Kier alpha value is -1.08. The van der Waals surface area contributed by atoms with E-state index >= 15 is 0 Å². The van der Waals surface area contributed by atoms with Gasteiger partial charge in [-0.05, 0) is 62.3 Å². The molecule has 1 aliphatic carbocycles. The van der Waals surface area contributed by atoms with E-state index in [2.05, 4.69) is 49.4 Å². The molecule has 1 nitrogen and oxygen atoms in total. The van der Waals surface area contributed by atoms with E-state index in [0.717, 1.165) is 6.42 Å². The number of allylic oxidation sites excluding steroid dienone is 2. The molecular weight excluding hydrogens is 292 g/mol. The van der Waals surface area contributed by atoms with Crippen LogP contribution >= 0.6 is 0 Å². The molecule has 3 atom stereocenters. The van der Waals surface area contributed by atoms with Crippen LogP contribution in [0.2, 0.25) is 0 Å². The fraction of sp³-hybridized carbons (Fsp3) is 0.652. The van der Waals surface area contributed by atoms with E-state index in [4.69, 9.17) is 0 Å². The molecule has 1 fully saturated rings. The van der Waals surface area contributed by atoms with E-state index in [1.807, 2.05) is 0 Å². The van der Waals surface area contributed by atoms with Crippen LogP contribution < -0.4 is 0 Å². The van der Waals surface area contributed by atoms with Crippen LogP contribution in [0.1, 0.15) is 76.7 Å². The van der Waals surface area contributed by atoms with Gasteiger partial charge in [-0.3, -0.25) is 0 Å². The molecule has 2 unspecified atom stereocenters. The lowest BCUT2D eigenvalue weighted by atomic mass is 9.87. The van der Waals surface area contributed by atoms with Crippen molar-refractivity contribution in [1.29, 1.82) is 0 Å². The van der Waals surface area contributed by atoms with Gasteiger partial charge in [0.25, 0.3) is 0 Å². The number of unbranched alkanes of at least 4 members (excludes halogenated alkanes) is 4. The first-order valence-electron chi connectivity index (χ1n) is 10.2. The Kier molecular flexibility index (Phi) is 9.20. The van der Waals surface area contributed by atoms with Crippen LogP contribution in [0.3, 0.4) is 0 Å². The van der Waals surface area contributed by atoms with Gasteiger partial charge in [-0.1, -0.05) is 75.1 Å². The van der Waals surface area contributed by atoms with Crippen molar-refractivity contribution >= 4 is 0 Å². The highest BCUT2D eigenvalue weighted by Gasteiger charge is 2.33. The van der Waals surface area contributed by atoms with Crippen molar-refractivity contribution in [3.05, 3.63) is 48.0 Å². The fourth-order valence-corrected chi connectivity index (χ4v) is 4.09. The van der Waals surface area contributed by atoms with E-state index in [1.54, 1.807) is 0 Å². The molecule has 1 N–H and O–H groups in total. The summed E-state index contributed by atoms with van der Waals surface area (Å²) in [7, 11) is 0. The Bertz CT molecular complexity index is 450. The minimum atomic E-state index is -0.0480. The molecule has 0 aliphatic heterocycles. The number of rotatable bonds is 11. The fourth-order valence-electron chi connectivity index (χ4n) is 4.09. The highest BCUT2D eigenvalue weighted by Crippen LogP contribution is 2.38. The predicted octanol–water partition coefficient (Wildman–Crippen LogP) is 6.31. The summed E-state index contributed by atoms with van der Waals surface area (Å²) in [5.41, 5.74) is 1.45. The molecule has 134 valence electrons. The van der Waals surface area contributed by atoms with Gasteiger partial charge >= 0.3 is 0 Å². The monoisotopic (exact) mass is 328 g/mol. The van der Waals surface area contributed by atoms with Gasteiger partial charge in [0.2, 0.25) is 0 Å². The zero-order valence-corrected chi connectivity index (χ0v) is 15.5. The normalized spacial score (nSPS) is 24.0. The molecule has 1 heteroatoms. The van der Waals surface area contributed by atoms with Gasteiger partial charge < -0.3 is 5.11 Å². The minimum absolute atomic E-state index is 0.0480. The SMILES string of the molecule is CCCC/C=C\CC1CC[C@@H](O)C1CCCCCc1ccccc1. The molecule has 0 radical (unpaired) electrons. The molecule has 1 saturated carbocycles. The van der Waals surface area contributed by atoms with Crippen molar-refractivity contribution in [2.45, 2.75) is 83.7 Å². The second kappa shape index (κ2) is 11.5. The Morgan fingerprint density at radius 2 is 1.83 bits per heavy atom. The molecule has 0 saturated heterocycles. The Labute approximate surface area is 149 Å². The van der Waals surface area contributed by atoms with Crippen molar-refractivity contribution in [2.75, 3.05) is 0 Å². The van der Waals surface area contributed by atoms with Crippen LogP contribution in [0.15, 0.2) is 42.5 Å². The molecule has 0 spiro atoms. The Balaban J connectivity index is 1.62. The van der Waals surface area contributed by atoms with Crippen LogP contribution in [0.5, 0.6) is 0 Å². The second-order valence-corrected chi connectivity index (χ2v) is 7.50. The lowest BCUT2D eigenvalue weighted by Crippen LogP contribution is -2.18. The van der Waals surface area contributed by atoms with Crippen molar-refractivity contribution in [1.82, 2.24) is 0 Å². The van der Waals surface area contributed by atoms with Gasteiger partial charge in [0.1, 0.15) is 0 Å². The first-order valence-corrected chi connectivity index (χ1v) is 10.2. The molecular formula is C23H36O. The number of aliphatic hydroxyl groups excluding tert-OH is 1. The quantitative estimate of drug-likeness (QED) is 0.372. The van der Waals surface area contributed by atoms with Crippen molar-refractivity contribution in [3.63, 3.8) is 0 Å². The third kappa shape index (κ3) is 6.81. The zero-order valence-electron chi connectivity index (χ0n) is 15.5. The van der Waals surface area contributed by atoms with E-state index in [1.165, 1.54) is 69.8 Å². The minimum Gasteiger partial charge on any atom is -0.393 e. The van der Waals surface area contributed by atoms with Crippen molar-refractivity contribution < 1.29 is 5.11 Å². The van der Waals surface area contributed by atoms with Gasteiger partial charge in [0.15, 0.2) is 0 Å². The van der Waals surface area contributed by atoms with Gasteiger partial charge in [-0.15, -0.1) is 0 Å². The molecule has 1 aromatic rings. The van der Waals surface area contributed by atoms with E-state index in [0.29, 0.717) is 11.8 Å². The second-order valence-electron chi connectivity index (χ2n) is 7.50. The van der Waals surface area contributed by atoms with E-state index in [-0.39, 0.29) is 6.10 Å². The Morgan fingerprint density at radius 1 is 1.00 bits per heavy atom. The van der Waals surface area contributed by atoms with Crippen molar-refractivity contribution in [2.24, 2.45) is 11.8 Å². The molecule has 1 aliphatic rings. The Morgan fingerprint density at radius 3 is 2.62 bits per heavy atom. The smallest absolute Gasteiger partial charge is 0.0571 e. The highest BCUT2D eigenvalue weighted by molar-refractivity contribution is 5.14. The van der Waals surface area contributed by atoms with Crippen LogP contribution in [0.4, 0.5) is 0 Å². The first-order chi connectivity index (χ1) is 11.8. The standard InChI is InChI=1S/C23H36O/c1-2-3-4-5-11-16-21-18-19-23(24)22(21)17-12-7-10-15-20-13-8-6-9-14-20/h5-6,8-9,11,13-14,21-24H,2-4,7,10,12,15-19H2,1H3/b11-5-/t21?,22?,23-/m1/s1. The molecule has 24 heavy (non-hydrogen) atoms. The predicted molar refractivity (Wildman–Crippen MR) is 104 cm³/mol. The van der Waals surface area contributed by atoms with Gasteiger partial charge in [0, 0.05) is 0 Å². The number of aryl methyl sites for hydroxylation is 1. The zero-order chi connectivity index (χ0) is 17.0. The van der Waals surface area contributed by atoms with Crippen LogP contribution in [0.25, 0.3) is 0 Å². The van der Waals surface area contributed by atoms with Crippen LogP contribution in [-0.4, -0.2) is 11.2 Å². The molecule has 0 bridgehead atoms. The summed E-state index contributed by atoms with van der Waals surface area (Å²) in [6.07, 6.45) is 18.1. The first kappa shape index (κ1) is 19.2. The summed E-state index contributed by atoms with van der Waals surface area (Å²) in [5, 5.41) is 10.3. The lowest BCUT2D eigenvalue weighted by Gasteiger charge is -2.21. The maximum atomic E-state index is 10.3. The summed E-state index contributed by atoms with van der Waals surface area (Å²) < 4.78 is 0. The topological polar surface area (TPSA) is 20.2 Å². The molecule has 0 heterocycles. The number of hydrogen-bond acceptors (Lipinski definition) is 1. The number of hydrogen-bond donors (Lipinski definition) is 1. The summed E-state index contributed by atoms with van der Waals surface area (Å²) in [6, 6.07) is 10.8. The average Bonchev–Trinajstić information content (AvgIpc) is 2.95. The van der Waals surface area contributed by atoms with Gasteiger partial charge in [0.05, 0.1) is 6.10 Å². The molecule has 2 rings (SSSR count). The maximum Gasteiger partial charge on any atom is 0.0571 e. The summed E-state index contributed by atoms with van der Waals surface area (Å²) in [5.74, 6) is 1.25. The van der Waals surface area contributed by atoms with Gasteiger partial charge in [-0.2, -0.15) is 0 Å². The summed E-state index contributed by atoms with van der Waals surface area (Å²) in [6.45, 7) is 2.25. The molecule has 0 aromatic heterocycles. The number of aliphatic hydroxyl groups is 1. The van der Waals surface area contributed by atoms with Crippen molar-refractivity contribution in [3.8, 4) is 0 Å². The largest absolute Gasteiger partial charge is 0.393 e. The third-order valence-corrected chi connectivity index (χ3v) is 5.61. The summed E-state index contributed by atoms with van der Waals surface area (Å²) >= 11 is 0. The van der Waals surface area contributed by atoms with Crippen LogP contribution in [-0.2, 0) is 6.42 Å². The summed E-state index contributed by atoms with van der Waals surface area (Å²) in [4.78, 5) is 0. The third-order valence-electron chi connectivity index (χ3n) is 5.61. The molecule has 1 aromatic carbocycles. The van der Waals surface area contributed by atoms with E-state index in [9.17, 15) is 5.11 Å². The lowest BCUT2D eigenvalue weighted by molar-refractivity contribution is 0.110. The van der Waals surface area contributed by atoms with E-state index < -0.39 is 0 Å². The average molecular weight is 329 g/mol. The maximum absolute atomic E-state index is 10.3.